The predicted octanol–water partition coefficient (Wildman–Crippen LogP) is 11.7. The topological polar surface area (TPSA) is 134 Å². The minimum Gasteiger partial charge on any atom is -0.462 e. The molecule has 2 atom stereocenters. The number of esters is 2. The predicted molar refractivity (Wildman–Crippen MR) is 219 cm³/mol. The van der Waals surface area contributed by atoms with Gasteiger partial charge in [0.25, 0.3) is 0 Å². The first kappa shape index (κ1) is 50.7. The lowest BCUT2D eigenvalue weighted by molar-refractivity contribution is -0.161. The molecule has 0 heterocycles. The van der Waals surface area contributed by atoms with E-state index in [1.54, 1.807) is 0 Å². The lowest BCUT2D eigenvalue weighted by Crippen LogP contribution is -2.29. The zero-order valence-electron chi connectivity index (χ0n) is 33.5. The Balaban J connectivity index is 4.21. The molecule has 306 valence electrons. The molecule has 0 aliphatic heterocycles. The monoisotopic (exact) mass is 766 g/mol. The summed E-state index contributed by atoms with van der Waals surface area (Å²) in [6.07, 6.45) is 45.5. The third kappa shape index (κ3) is 39.2. The molecule has 0 rings (SSSR count). The highest BCUT2D eigenvalue weighted by Gasteiger charge is 2.25. The highest BCUT2D eigenvalue weighted by molar-refractivity contribution is 7.47. The maximum Gasteiger partial charge on any atom is 0.472 e. The van der Waals surface area contributed by atoms with Gasteiger partial charge in [0.15, 0.2) is 6.10 Å². The number of hydrogen-bond acceptors (Lipinski definition) is 8. The summed E-state index contributed by atoms with van der Waals surface area (Å²) in [7, 11) is -4.39. The van der Waals surface area contributed by atoms with Gasteiger partial charge >= 0.3 is 19.8 Å². The van der Waals surface area contributed by atoms with Crippen LogP contribution in [-0.4, -0.2) is 49.3 Å². The number of carbonyl (C=O) groups is 2. The minimum atomic E-state index is -4.39. The molecule has 2 unspecified atom stereocenters. The Hall–Kier alpha value is -2.29. The summed E-state index contributed by atoms with van der Waals surface area (Å²) in [5.41, 5.74) is 5.33. The van der Waals surface area contributed by atoms with Crippen molar-refractivity contribution >= 4 is 19.8 Å². The van der Waals surface area contributed by atoms with Crippen molar-refractivity contribution in [1.82, 2.24) is 0 Å². The second-order valence-corrected chi connectivity index (χ2v) is 14.9. The molecule has 0 saturated heterocycles. The van der Waals surface area contributed by atoms with E-state index in [1.807, 2.05) is 12.2 Å². The van der Waals surface area contributed by atoms with Crippen molar-refractivity contribution in [1.29, 1.82) is 0 Å². The van der Waals surface area contributed by atoms with Crippen LogP contribution >= 0.6 is 7.82 Å². The van der Waals surface area contributed by atoms with Gasteiger partial charge in [0.05, 0.1) is 13.2 Å². The number of phosphoric ester groups is 1. The van der Waals surface area contributed by atoms with Crippen molar-refractivity contribution in [2.45, 2.75) is 174 Å². The van der Waals surface area contributed by atoms with E-state index in [1.165, 1.54) is 70.6 Å². The zero-order chi connectivity index (χ0) is 38.9. The average Bonchev–Trinajstić information content (AvgIpc) is 3.14. The number of carbonyl (C=O) groups excluding carboxylic acids is 2. The van der Waals surface area contributed by atoms with Crippen molar-refractivity contribution in [2.75, 3.05) is 26.4 Å². The number of unbranched alkanes of at least 4 members (excludes halogenated alkanes) is 15. The summed E-state index contributed by atoms with van der Waals surface area (Å²) in [6.45, 7) is 3.53. The first-order valence-corrected chi connectivity index (χ1v) is 22.3. The summed E-state index contributed by atoms with van der Waals surface area (Å²) in [4.78, 5) is 34.8. The molecule has 53 heavy (non-hydrogen) atoms. The molecule has 0 radical (unpaired) electrons. The standard InChI is InChI=1S/C43H76NO8P/c1-3-5-7-9-11-13-15-17-18-19-20-21-22-24-25-27-29-31-33-35-42(45)49-39-41(40-51-53(47,48)50-38-37-44)52-43(46)36-34-32-30-28-26-23-16-14-12-10-8-6-4-2/h5,7,11,13,17-18,23,26,30,32,41H,3-4,6,8-10,12,14-16,19-22,24-25,27-29,31,33-40,44H2,1-2H3,(H,47,48)/b7-5+,13-11+,18-17+,26-23+,32-30+. The van der Waals surface area contributed by atoms with Gasteiger partial charge in [-0.3, -0.25) is 18.6 Å². The number of phosphoric acid groups is 1. The van der Waals surface area contributed by atoms with Gasteiger partial charge in [-0.15, -0.1) is 0 Å². The molecule has 0 amide bonds. The number of hydrogen-bond donors (Lipinski definition) is 2. The van der Waals surface area contributed by atoms with Crippen LogP contribution in [0.2, 0.25) is 0 Å². The second-order valence-electron chi connectivity index (χ2n) is 13.5. The smallest absolute Gasteiger partial charge is 0.462 e. The van der Waals surface area contributed by atoms with Crippen LogP contribution in [0.3, 0.4) is 0 Å². The van der Waals surface area contributed by atoms with Crippen LogP contribution < -0.4 is 5.73 Å². The largest absolute Gasteiger partial charge is 0.472 e. The van der Waals surface area contributed by atoms with Gasteiger partial charge in [-0.05, 0) is 64.2 Å². The molecule has 0 aliphatic carbocycles. The van der Waals surface area contributed by atoms with E-state index in [-0.39, 0.29) is 32.6 Å². The van der Waals surface area contributed by atoms with E-state index in [4.69, 9.17) is 24.3 Å². The van der Waals surface area contributed by atoms with Crippen molar-refractivity contribution in [2.24, 2.45) is 5.73 Å². The molecule has 0 fully saturated rings. The third-order valence-corrected chi connectivity index (χ3v) is 9.39. The maximum atomic E-state index is 12.5. The number of nitrogens with two attached hydrogens (primary N) is 1. The molecule has 0 aromatic carbocycles. The van der Waals surface area contributed by atoms with Crippen molar-refractivity contribution in [3.8, 4) is 0 Å². The van der Waals surface area contributed by atoms with Gasteiger partial charge in [0, 0.05) is 19.4 Å². The molecular formula is C43H76NO8P. The van der Waals surface area contributed by atoms with Crippen LogP contribution in [-0.2, 0) is 32.7 Å². The molecule has 0 aliphatic rings. The van der Waals surface area contributed by atoms with Crippen LogP contribution in [0.1, 0.15) is 168 Å². The fourth-order valence-corrected chi connectivity index (χ4v) is 6.11. The first-order valence-electron chi connectivity index (χ1n) is 20.8. The second kappa shape index (κ2) is 39.4. The van der Waals surface area contributed by atoms with Gasteiger partial charge in [-0.1, -0.05) is 152 Å². The van der Waals surface area contributed by atoms with E-state index in [0.29, 0.717) is 6.42 Å². The Kier molecular flexibility index (Phi) is 37.7. The summed E-state index contributed by atoms with van der Waals surface area (Å²) >= 11 is 0. The van der Waals surface area contributed by atoms with E-state index in [9.17, 15) is 19.0 Å². The van der Waals surface area contributed by atoms with Gasteiger partial charge in [0.1, 0.15) is 6.61 Å². The van der Waals surface area contributed by atoms with E-state index >= 15 is 0 Å². The summed E-state index contributed by atoms with van der Waals surface area (Å²) in [5.74, 6) is -0.917. The molecular weight excluding hydrogens is 689 g/mol. The fourth-order valence-electron chi connectivity index (χ4n) is 5.35. The van der Waals surface area contributed by atoms with Crippen molar-refractivity contribution < 1.29 is 37.6 Å². The Morgan fingerprint density at radius 1 is 0.585 bits per heavy atom. The van der Waals surface area contributed by atoms with Crippen LogP contribution in [0.15, 0.2) is 60.8 Å². The number of ether oxygens (including phenoxy) is 2. The molecule has 0 saturated carbocycles. The molecule has 0 bridgehead atoms. The Bertz CT molecular complexity index is 1050. The number of allylic oxidation sites excluding steroid dienone is 10. The average molecular weight is 766 g/mol. The highest BCUT2D eigenvalue weighted by atomic mass is 31.2. The molecule has 0 aromatic rings. The van der Waals surface area contributed by atoms with Crippen molar-refractivity contribution in [3.63, 3.8) is 0 Å². The van der Waals surface area contributed by atoms with Gasteiger partial charge < -0.3 is 20.1 Å². The van der Waals surface area contributed by atoms with Crippen LogP contribution in [0.4, 0.5) is 0 Å². The lowest BCUT2D eigenvalue weighted by Gasteiger charge is -2.19. The van der Waals surface area contributed by atoms with Gasteiger partial charge in [-0.2, -0.15) is 0 Å². The molecule has 0 aromatic heterocycles. The Morgan fingerprint density at radius 3 is 1.62 bits per heavy atom. The zero-order valence-corrected chi connectivity index (χ0v) is 34.4. The SMILES string of the molecule is CC/C=C/C/C=C/C/C=C/CCCCCCCCCCCC(=O)OCC(COP(=O)(O)OCCN)OC(=O)CC/C=C/C/C=C/CCCCCCCC. The molecule has 3 N–H and O–H groups in total. The third-order valence-electron chi connectivity index (χ3n) is 8.40. The fraction of sp³-hybridized carbons (Fsp3) is 0.721. The summed E-state index contributed by atoms with van der Waals surface area (Å²) in [5, 5.41) is 0. The van der Waals surface area contributed by atoms with E-state index in [2.05, 4.69) is 62.5 Å². The molecule has 9 nitrogen and oxygen atoms in total. The molecule has 0 spiro atoms. The van der Waals surface area contributed by atoms with Crippen molar-refractivity contribution in [3.05, 3.63) is 60.8 Å². The lowest BCUT2D eigenvalue weighted by atomic mass is 10.1. The minimum absolute atomic E-state index is 0.0427. The Labute approximate surface area is 323 Å². The van der Waals surface area contributed by atoms with Gasteiger partial charge in [-0.25, -0.2) is 4.57 Å². The van der Waals surface area contributed by atoms with E-state index in [0.717, 1.165) is 64.2 Å². The van der Waals surface area contributed by atoms with Crippen LogP contribution in [0.5, 0.6) is 0 Å². The summed E-state index contributed by atoms with van der Waals surface area (Å²) < 4.78 is 32.6. The van der Waals surface area contributed by atoms with Gasteiger partial charge in [0.2, 0.25) is 0 Å². The molecule has 10 heteroatoms. The first-order chi connectivity index (χ1) is 25.8. The summed E-state index contributed by atoms with van der Waals surface area (Å²) in [6, 6.07) is 0. The Morgan fingerprint density at radius 2 is 1.08 bits per heavy atom. The maximum absolute atomic E-state index is 12.5. The van der Waals surface area contributed by atoms with Crippen LogP contribution in [0.25, 0.3) is 0 Å². The van der Waals surface area contributed by atoms with Crippen LogP contribution in [0, 0.1) is 0 Å². The quantitative estimate of drug-likeness (QED) is 0.0272. The van der Waals surface area contributed by atoms with E-state index < -0.39 is 32.5 Å². The highest BCUT2D eigenvalue weighted by Crippen LogP contribution is 2.43. The number of rotatable bonds is 38. The normalized spacial score (nSPS) is 14.0.